The summed E-state index contributed by atoms with van der Waals surface area (Å²) in [6, 6.07) is 21.3. The van der Waals surface area contributed by atoms with Crippen molar-refractivity contribution in [3.63, 3.8) is 0 Å². The fraction of sp³-hybridized carbons (Fsp3) is 0.200. The average Bonchev–Trinajstić information content (AvgIpc) is 3.23. The topological polar surface area (TPSA) is 151 Å². The van der Waals surface area contributed by atoms with Gasteiger partial charge >= 0.3 is 5.97 Å². The second-order valence-corrected chi connectivity index (χ2v) is 10.1. The maximum Gasteiger partial charge on any atom is 0.308 e. The van der Waals surface area contributed by atoms with Gasteiger partial charge in [-0.2, -0.15) is 0 Å². The Bertz CT molecular complexity index is 1340. The van der Waals surface area contributed by atoms with E-state index in [-0.39, 0.29) is 16.6 Å². The second-order valence-electron chi connectivity index (χ2n) is 8.52. The van der Waals surface area contributed by atoms with Crippen LogP contribution in [0, 0.1) is 11.3 Å². The molecule has 9 heteroatoms. The minimum atomic E-state index is -3.85. The summed E-state index contributed by atoms with van der Waals surface area (Å²) in [6.07, 6.45) is 0. The number of carboxylic acid groups (broad SMARTS) is 1. The van der Waals surface area contributed by atoms with E-state index in [2.05, 4.69) is 4.90 Å². The molecule has 0 unspecified atom stereocenters. The van der Waals surface area contributed by atoms with Crippen LogP contribution in [-0.2, 0) is 21.4 Å². The van der Waals surface area contributed by atoms with Crippen LogP contribution in [0.1, 0.15) is 22.6 Å². The van der Waals surface area contributed by atoms with Gasteiger partial charge in [0.2, 0.25) is 10.0 Å². The highest BCUT2D eigenvalue weighted by Crippen LogP contribution is 2.34. The van der Waals surface area contributed by atoms with Gasteiger partial charge in [0, 0.05) is 36.7 Å². The molecule has 0 spiro atoms. The Kier molecular flexibility index (Phi) is 6.52. The molecule has 34 heavy (non-hydrogen) atoms. The lowest BCUT2D eigenvalue weighted by Gasteiger charge is -2.17. The van der Waals surface area contributed by atoms with E-state index in [4.69, 9.17) is 16.3 Å². The number of carboxylic acids is 1. The number of nitrogens with zero attached hydrogens (tertiary/aromatic N) is 1. The number of hydrogen-bond donors (Lipinski definition) is 4. The molecule has 3 aromatic carbocycles. The molecule has 1 aliphatic heterocycles. The van der Waals surface area contributed by atoms with Crippen LogP contribution >= 0.6 is 0 Å². The quantitative estimate of drug-likeness (QED) is 0.303. The van der Waals surface area contributed by atoms with Gasteiger partial charge in [0.25, 0.3) is 0 Å². The Balaban J connectivity index is 1.53. The molecule has 176 valence electrons. The molecule has 0 aliphatic carbocycles. The molecule has 4 rings (SSSR count). The second kappa shape index (κ2) is 9.38. The lowest BCUT2D eigenvalue weighted by atomic mass is 9.88. The van der Waals surface area contributed by atoms with Gasteiger partial charge in [0.15, 0.2) is 0 Å². The minimum absolute atomic E-state index is 0.0484. The fourth-order valence-electron chi connectivity index (χ4n) is 4.54. The number of nitrogens with two attached hydrogens (primary N) is 2. The van der Waals surface area contributed by atoms with Gasteiger partial charge in [0.05, 0.1) is 10.8 Å². The Morgan fingerprint density at radius 1 is 1.03 bits per heavy atom. The van der Waals surface area contributed by atoms with E-state index in [1.54, 1.807) is 36.4 Å². The predicted molar refractivity (Wildman–Crippen MR) is 130 cm³/mol. The maximum atomic E-state index is 12.0. The van der Waals surface area contributed by atoms with Crippen molar-refractivity contribution in [2.75, 3.05) is 13.1 Å². The molecule has 2 atom stereocenters. The first-order valence-corrected chi connectivity index (χ1v) is 12.3. The molecular weight excluding hydrogens is 452 g/mol. The van der Waals surface area contributed by atoms with E-state index in [0.717, 1.165) is 16.7 Å². The van der Waals surface area contributed by atoms with Gasteiger partial charge < -0.3 is 10.8 Å². The van der Waals surface area contributed by atoms with Gasteiger partial charge in [0.1, 0.15) is 5.84 Å². The van der Waals surface area contributed by atoms with E-state index in [1.165, 1.54) is 6.07 Å². The van der Waals surface area contributed by atoms with Gasteiger partial charge in [-0.05, 0) is 28.8 Å². The zero-order valence-electron chi connectivity index (χ0n) is 18.4. The highest BCUT2D eigenvalue weighted by molar-refractivity contribution is 7.89. The molecule has 1 saturated heterocycles. The van der Waals surface area contributed by atoms with Crippen molar-refractivity contribution < 1.29 is 18.3 Å². The number of benzene rings is 3. The van der Waals surface area contributed by atoms with Gasteiger partial charge in [-0.25, -0.2) is 13.6 Å². The summed E-state index contributed by atoms with van der Waals surface area (Å²) in [5, 5.41) is 22.8. The van der Waals surface area contributed by atoms with Crippen LogP contribution in [0.4, 0.5) is 0 Å². The van der Waals surface area contributed by atoms with Crippen molar-refractivity contribution in [2.45, 2.75) is 17.4 Å². The van der Waals surface area contributed by atoms with Crippen molar-refractivity contribution >= 4 is 21.8 Å². The lowest BCUT2D eigenvalue weighted by Crippen LogP contribution is -2.23. The summed E-state index contributed by atoms with van der Waals surface area (Å²) in [6.45, 7) is 1.53. The van der Waals surface area contributed by atoms with Gasteiger partial charge in [-0.15, -0.1) is 0 Å². The number of rotatable bonds is 7. The van der Waals surface area contributed by atoms with E-state index in [9.17, 15) is 18.3 Å². The summed E-state index contributed by atoms with van der Waals surface area (Å²) in [7, 11) is -3.85. The number of nitrogen functional groups attached to an aromatic ring is 1. The molecule has 1 heterocycles. The van der Waals surface area contributed by atoms with Crippen molar-refractivity contribution in [2.24, 2.45) is 16.8 Å². The number of hydrogen-bond acceptors (Lipinski definition) is 5. The van der Waals surface area contributed by atoms with E-state index in [0.29, 0.717) is 30.8 Å². The highest BCUT2D eigenvalue weighted by atomic mass is 32.2. The molecule has 0 radical (unpaired) electrons. The third kappa shape index (κ3) is 5.01. The van der Waals surface area contributed by atoms with Gasteiger partial charge in [-0.1, -0.05) is 60.7 Å². The Morgan fingerprint density at radius 3 is 2.38 bits per heavy atom. The van der Waals surface area contributed by atoms with Crippen molar-refractivity contribution in [1.29, 1.82) is 5.41 Å². The normalized spacial score (nSPS) is 18.6. The lowest BCUT2D eigenvalue weighted by molar-refractivity contribution is -0.141. The molecule has 3 aromatic rings. The Hall–Kier alpha value is -3.53. The number of nitrogens with one attached hydrogen (secondary N) is 1. The average molecular weight is 479 g/mol. The first-order chi connectivity index (χ1) is 16.1. The van der Waals surface area contributed by atoms with E-state index < -0.39 is 21.9 Å². The zero-order valence-corrected chi connectivity index (χ0v) is 19.2. The molecule has 0 saturated carbocycles. The van der Waals surface area contributed by atoms with Crippen LogP contribution in [0.3, 0.4) is 0 Å². The summed E-state index contributed by atoms with van der Waals surface area (Å²) in [5.74, 6) is -1.68. The summed E-state index contributed by atoms with van der Waals surface area (Å²) < 4.78 is 23.8. The number of amidine groups is 1. The van der Waals surface area contributed by atoms with Crippen molar-refractivity contribution in [3.8, 4) is 11.1 Å². The number of carbonyl (C=O) groups is 1. The van der Waals surface area contributed by atoms with Crippen molar-refractivity contribution in [1.82, 2.24) is 4.90 Å². The molecular formula is C25H26N4O4S. The molecule has 6 N–H and O–H groups in total. The third-order valence-electron chi connectivity index (χ3n) is 6.20. The fourth-order valence-corrected chi connectivity index (χ4v) is 5.30. The first-order valence-electron chi connectivity index (χ1n) is 10.7. The standard InChI is InChI=1S/C25H26N4O4S/c26-24(27)19-5-3-4-18(12-19)21-14-29(15-22(21)25(30)31)13-16-8-10-17(11-9-16)20-6-1-2-7-23(20)34(28,32)33/h1-12,21-22H,13-15H2,(H3,26,27)(H,30,31)(H2,28,32,33)/t21-,22-/m0/s1. The Morgan fingerprint density at radius 2 is 1.74 bits per heavy atom. The summed E-state index contributed by atoms with van der Waals surface area (Å²) in [5.41, 5.74) is 9.30. The maximum absolute atomic E-state index is 12.0. The van der Waals surface area contributed by atoms with Crippen LogP contribution in [0.5, 0.6) is 0 Å². The molecule has 1 fully saturated rings. The molecule has 8 nitrogen and oxygen atoms in total. The Labute approximate surface area is 198 Å². The monoisotopic (exact) mass is 478 g/mol. The van der Waals surface area contributed by atoms with Gasteiger partial charge in [-0.3, -0.25) is 15.1 Å². The highest BCUT2D eigenvalue weighted by Gasteiger charge is 2.38. The molecule has 0 bridgehead atoms. The van der Waals surface area contributed by atoms with Crippen LogP contribution in [-0.4, -0.2) is 43.3 Å². The smallest absolute Gasteiger partial charge is 0.308 e. The predicted octanol–water partition coefficient (Wildman–Crippen LogP) is 2.59. The van der Waals surface area contributed by atoms with Crippen LogP contribution < -0.4 is 10.9 Å². The minimum Gasteiger partial charge on any atom is -0.481 e. The SMILES string of the molecule is N=C(N)c1cccc([C@@H]2CN(Cc3ccc(-c4ccccc4S(N)(=O)=O)cc3)C[C@@H]2C(=O)O)c1. The third-order valence-corrected chi connectivity index (χ3v) is 7.17. The number of sulfonamides is 1. The summed E-state index contributed by atoms with van der Waals surface area (Å²) in [4.78, 5) is 14.1. The van der Waals surface area contributed by atoms with E-state index >= 15 is 0 Å². The number of primary sulfonamides is 1. The molecule has 0 amide bonds. The number of likely N-dealkylation sites (tertiary alicyclic amines) is 1. The molecule has 1 aliphatic rings. The molecule has 0 aromatic heterocycles. The van der Waals surface area contributed by atoms with Crippen LogP contribution in [0.15, 0.2) is 77.7 Å². The summed E-state index contributed by atoms with van der Waals surface area (Å²) >= 11 is 0. The number of aliphatic carboxylic acids is 1. The largest absolute Gasteiger partial charge is 0.481 e. The van der Waals surface area contributed by atoms with Crippen molar-refractivity contribution in [3.05, 3.63) is 89.5 Å². The van der Waals surface area contributed by atoms with Crippen LogP contribution in [0.25, 0.3) is 11.1 Å². The first kappa shape index (κ1) is 23.6. The zero-order chi connectivity index (χ0) is 24.5. The van der Waals surface area contributed by atoms with E-state index in [1.807, 2.05) is 30.3 Å². The van der Waals surface area contributed by atoms with Crippen LogP contribution in [0.2, 0.25) is 0 Å².